The number of aromatic nitrogens is 2. The average molecular weight is 342 g/mol. The summed E-state index contributed by atoms with van der Waals surface area (Å²) in [6.45, 7) is 2.00. The Labute approximate surface area is 130 Å². The normalized spacial score (nSPS) is 10.6. The monoisotopic (exact) mass is 341 g/mol. The van der Waals surface area contributed by atoms with Crippen LogP contribution in [0.4, 0.5) is 5.69 Å². The first kappa shape index (κ1) is 13.7. The van der Waals surface area contributed by atoms with Gasteiger partial charge < -0.3 is 5.32 Å². The quantitative estimate of drug-likeness (QED) is 0.767. The molecule has 0 spiro atoms. The summed E-state index contributed by atoms with van der Waals surface area (Å²) in [6, 6.07) is 11.1. The summed E-state index contributed by atoms with van der Waals surface area (Å²) in [6.07, 6.45) is 3.20. The summed E-state index contributed by atoms with van der Waals surface area (Å²) in [5.74, 6) is -0.197. The second kappa shape index (κ2) is 5.61. The molecule has 0 aliphatic rings. The van der Waals surface area contributed by atoms with Crippen LogP contribution in [0.5, 0.6) is 0 Å². The minimum Gasteiger partial charge on any atom is -0.322 e. The number of carbonyl (C=O) groups is 1. The molecular weight excluding hydrogens is 330 g/mol. The predicted octanol–water partition coefficient (Wildman–Crippen LogP) is 3.95. The Morgan fingerprint density at radius 2 is 1.95 bits per heavy atom. The number of halogens is 1. The van der Waals surface area contributed by atoms with Gasteiger partial charge in [-0.1, -0.05) is 28.1 Å². The number of rotatable bonds is 2. The fourth-order valence-electron chi connectivity index (χ4n) is 2.04. The van der Waals surface area contributed by atoms with E-state index in [2.05, 4.69) is 31.2 Å². The maximum absolute atomic E-state index is 12.4. The zero-order valence-corrected chi connectivity index (χ0v) is 12.9. The Hall–Kier alpha value is -2.27. The molecule has 0 unspecified atom stereocenters. The van der Waals surface area contributed by atoms with E-state index in [0.29, 0.717) is 16.6 Å². The van der Waals surface area contributed by atoms with Gasteiger partial charge >= 0.3 is 0 Å². The number of nitrogens with zero attached hydrogens (tertiary/aromatic N) is 2. The Kier molecular flexibility index (Phi) is 3.66. The Morgan fingerprint density at radius 1 is 1.14 bits per heavy atom. The van der Waals surface area contributed by atoms with E-state index in [-0.39, 0.29) is 5.91 Å². The molecule has 0 fully saturated rings. The number of amides is 1. The number of hydrogen-bond acceptors (Lipinski definition) is 3. The van der Waals surface area contributed by atoms with Crippen molar-refractivity contribution in [3.8, 4) is 0 Å². The molecule has 0 aliphatic heterocycles. The van der Waals surface area contributed by atoms with E-state index in [1.54, 1.807) is 24.5 Å². The van der Waals surface area contributed by atoms with Crippen molar-refractivity contribution in [3.63, 3.8) is 0 Å². The first-order chi connectivity index (χ1) is 10.1. The molecule has 3 aromatic rings. The zero-order valence-electron chi connectivity index (χ0n) is 11.3. The van der Waals surface area contributed by atoms with Crippen molar-refractivity contribution in [2.24, 2.45) is 0 Å². The number of fused-ring (bicyclic) bond motifs is 1. The zero-order chi connectivity index (χ0) is 14.8. The molecule has 0 saturated carbocycles. The van der Waals surface area contributed by atoms with E-state index in [1.807, 2.05) is 31.2 Å². The van der Waals surface area contributed by atoms with E-state index in [9.17, 15) is 4.79 Å². The molecule has 1 aromatic heterocycles. The molecule has 3 rings (SSSR count). The van der Waals surface area contributed by atoms with Crippen LogP contribution in [0.1, 0.15) is 15.9 Å². The van der Waals surface area contributed by atoms with Crippen molar-refractivity contribution in [2.75, 3.05) is 5.32 Å². The second-order valence-electron chi connectivity index (χ2n) is 4.65. The van der Waals surface area contributed by atoms with Crippen LogP contribution in [0.15, 0.2) is 53.3 Å². The van der Waals surface area contributed by atoms with Crippen LogP contribution in [-0.4, -0.2) is 15.9 Å². The van der Waals surface area contributed by atoms with Crippen molar-refractivity contribution in [3.05, 3.63) is 64.4 Å². The summed E-state index contributed by atoms with van der Waals surface area (Å²) >= 11 is 3.46. The molecule has 0 radical (unpaired) electrons. The summed E-state index contributed by atoms with van der Waals surface area (Å²) in [4.78, 5) is 20.9. The van der Waals surface area contributed by atoms with Gasteiger partial charge in [0, 0.05) is 22.6 Å². The summed E-state index contributed by atoms with van der Waals surface area (Å²) in [5.41, 5.74) is 3.67. The van der Waals surface area contributed by atoms with Crippen LogP contribution in [-0.2, 0) is 0 Å². The first-order valence-corrected chi connectivity index (χ1v) is 7.22. The van der Waals surface area contributed by atoms with Crippen LogP contribution in [0, 0.1) is 6.92 Å². The molecule has 0 atom stereocenters. The molecule has 1 amide bonds. The molecule has 0 aliphatic carbocycles. The standard InChI is InChI=1S/C16H12BrN3O/c1-10-5-6-11(9-13(10)17)20-16(21)12-3-2-4-14-15(12)19-8-7-18-14/h2-9H,1H3,(H,20,21). The molecular formula is C16H12BrN3O. The highest BCUT2D eigenvalue weighted by atomic mass is 79.9. The van der Waals surface area contributed by atoms with Gasteiger partial charge in [0.2, 0.25) is 0 Å². The van der Waals surface area contributed by atoms with Gasteiger partial charge in [0.05, 0.1) is 11.1 Å². The van der Waals surface area contributed by atoms with E-state index < -0.39 is 0 Å². The molecule has 0 bridgehead atoms. The van der Waals surface area contributed by atoms with Gasteiger partial charge in [-0.05, 0) is 36.8 Å². The fourth-order valence-corrected chi connectivity index (χ4v) is 2.42. The fraction of sp³-hybridized carbons (Fsp3) is 0.0625. The van der Waals surface area contributed by atoms with Crippen molar-refractivity contribution in [2.45, 2.75) is 6.92 Å². The minimum absolute atomic E-state index is 0.197. The van der Waals surface area contributed by atoms with Crippen LogP contribution in [0.3, 0.4) is 0 Å². The average Bonchev–Trinajstić information content (AvgIpc) is 2.50. The molecule has 0 saturated heterocycles. The van der Waals surface area contributed by atoms with E-state index in [4.69, 9.17) is 0 Å². The second-order valence-corrected chi connectivity index (χ2v) is 5.50. The molecule has 1 N–H and O–H groups in total. The van der Waals surface area contributed by atoms with Crippen LogP contribution < -0.4 is 5.32 Å². The maximum atomic E-state index is 12.4. The Balaban J connectivity index is 1.95. The van der Waals surface area contributed by atoms with Gasteiger partial charge in [-0.2, -0.15) is 0 Å². The predicted molar refractivity (Wildman–Crippen MR) is 86.4 cm³/mol. The minimum atomic E-state index is -0.197. The largest absolute Gasteiger partial charge is 0.322 e. The smallest absolute Gasteiger partial charge is 0.257 e. The molecule has 21 heavy (non-hydrogen) atoms. The van der Waals surface area contributed by atoms with Gasteiger partial charge in [0.15, 0.2) is 0 Å². The van der Waals surface area contributed by atoms with Crippen molar-refractivity contribution in [1.29, 1.82) is 0 Å². The van der Waals surface area contributed by atoms with Crippen molar-refractivity contribution in [1.82, 2.24) is 9.97 Å². The summed E-state index contributed by atoms with van der Waals surface area (Å²) in [5, 5.41) is 2.88. The van der Waals surface area contributed by atoms with Gasteiger partial charge in [-0.3, -0.25) is 14.8 Å². The lowest BCUT2D eigenvalue weighted by Gasteiger charge is -2.08. The van der Waals surface area contributed by atoms with Gasteiger partial charge in [0.25, 0.3) is 5.91 Å². The number of aryl methyl sites for hydroxylation is 1. The third kappa shape index (κ3) is 2.78. The highest BCUT2D eigenvalue weighted by molar-refractivity contribution is 9.10. The van der Waals surface area contributed by atoms with Gasteiger partial charge in [-0.25, -0.2) is 0 Å². The maximum Gasteiger partial charge on any atom is 0.257 e. The molecule has 5 heteroatoms. The number of anilines is 1. The SMILES string of the molecule is Cc1ccc(NC(=O)c2cccc3nccnc23)cc1Br. The highest BCUT2D eigenvalue weighted by Gasteiger charge is 2.12. The Bertz CT molecular complexity index is 827. The van der Waals surface area contributed by atoms with Crippen molar-refractivity contribution >= 4 is 38.6 Å². The Morgan fingerprint density at radius 3 is 2.76 bits per heavy atom. The number of hydrogen-bond donors (Lipinski definition) is 1. The highest BCUT2D eigenvalue weighted by Crippen LogP contribution is 2.22. The number of nitrogens with one attached hydrogen (secondary N) is 1. The van der Waals surface area contributed by atoms with E-state index in [0.717, 1.165) is 15.7 Å². The van der Waals surface area contributed by atoms with Crippen LogP contribution in [0.25, 0.3) is 11.0 Å². The lowest BCUT2D eigenvalue weighted by atomic mass is 10.1. The van der Waals surface area contributed by atoms with E-state index in [1.165, 1.54) is 0 Å². The van der Waals surface area contributed by atoms with E-state index >= 15 is 0 Å². The van der Waals surface area contributed by atoms with Crippen LogP contribution in [0.2, 0.25) is 0 Å². The summed E-state index contributed by atoms with van der Waals surface area (Å²) < 4.78 is 0.956. The van der Waals surface area contributed by atoms with Gasteiger partial charge in [-0.15, -0.1) is 0 Å². The van der Waals surface area contributed by atoms with Crippen LogP contribution >= 0.6 is 15.9 Å². The molecule has 1 heterocycles. The third-order valence-corrected chi connectivity index (χ3v) is 4.03. The molecule has 104 valence electrons. The van der Waals surface area contributed by atoms with Gasteiger partial charge in [0.1, 0.15) is 5.52 Å². The first-order valence-electron chi connectivity index (χ1n) is 6.42. The lowest BCUT2D eigenvalue weighted by Crippen LogP contribution is -2.13. The lowest BCUT2D eigenvalue weighted by molar-refractivity contribution is 0.102. The molecule has 4 nitrogen and oxygen atoms in total. The number of benzene rings is 2. The topological polar surface area (TPSA) is 54.9 Å². The summed E-state index contributed by atoms with van der Waals surface area (Å²) in [7, 11) is 0. The number of para-hydroxylation sites is 1. The molecule has 2 aromatic carbocycles. The number of carbonyl (C=O) groups excluding carboxylic acids is 1. The van der Waals surface area contributed by atoms with Crippen molar-refractivity contribution < 1.29 is 4.79 Å². The third-order valence-electron chi connectivity index (χ3n) is 3.17.